The lowest BCUT2D eigenvalue weighted by molar-refractivity contribution is -0.141. The molecule has 0 saturated heterocycles. The maximum absolute atomic E-state index is 13.2. The second-order valence-corrected chi connectivity index (χ2v) is 7.91. The maximum Gasteiger partial charge on any atom is 0.325 e. The van der Waals surface area contributed by atoms with Gasteiger partial charge in [-0.25, -0.2) is 0 Å². The highest BCUT2D eigenvalue weighted by Gasteiger charge is 2.18. The van der Waals surface area contributed by atoms with Crippen molar-refractivity contribution in [1.82, 2.24) is 4.57 Å². The van der Waals surface area contributed by atoms with E-state index in [0.717, 1.165) is 15.5 Å². The Labute approximate surface area is 188 Å². The molecule has 0 radical (unpaired) electrons. The Morgan fingerprint density at radius 3 is 2.44 bits per heavy atom. The number of ether oxygens (including phenoxy) is 3. The number of amides is 1. The van der Waals surface area contributed by atoms with E-state index in [4.69, 9.17) is 14.2 Å². The minimum Gasteiger partial charge on any atom is -0.496 e. The van der Waals surface area contributed by atoms with Gasteiger partial charge in [0.05, 0.1) is 31.1 Å². The Morgan fingerprint density at radius 2 is 1.75 bits per heavy atom. The number of benzene rings is 3. The molecule has 0 saturated carbocycles. The van der Waals surface area contributed by atoms with Crippen LogP contribution in [0, 0.1) is 0 Å². The lowest BCUT2D eigenvalue weighted by Crippen LogP contribution is -2.22. The zero-order valence-corrected chi connectivity index (χ0v) is 18.8. The van der Waals surface area contributed by atoms with E-state index in [2.05, 4.69) is 4.99 Å². The minimum atomic E-state index is -0.462. The number of nitrogens with zero attached hydrogens (tertiary/aromatic N) is 2. The molecule has 0 fully saturated rings. The van der Waals surface area contributed by atoms with Crippen molar-refractivity contribution in [2.75, 3.05) is 20.8 Å². The van der Waals surface area contributed by atoms with Crippen molar-refractivity contribution >= 4 is 44.2 Å². The first kappa shape index (κ1) is 21.6. The molecule has 164 valence electrons. The Morgan fingerprint density at radius 1 is 1.00 bits per heavy atom. The molecule has 1 amide bonds. The third kappa shape index (κ3) is 4.09. The number of rotatable bonds is 6. The molecule has 4 rings (SSSR count). The Bertz CT molecular complexity index is 1390. The van der Waals surface area contributed by atoms with Crippen molar-refractivity contribution in [2.24, 2.45) is 4.99 Å². The Kier molecular flexibility index (Phi) is 6.23. The molecule has 3 aromatic carbocycles. The number of carbonyl (C=O) groups excluding carboxylic acids is 2. The summed E-state index contributed by atoms with van der Waals surface area (Å²) < 4.78 is 18.6. The maximum atomic E-state index is 13.2. The van der Waals surface area contributed by atoms with E-state index in [1.807, 2.05) is 55.5 Å². The lowest BCUT2D eigenvalue weighted by Gasteiger charge is -2.09. The van der Waals surface area contributed by atoms with Crippen LogP contribution < -0.4 is 14.3 Å². The number of hydrogen-bond acceptors (Lipinski definition) is 6. The van der Waals surface area contributed by atoms with E-state index in [-0.39, 0.29) is 6.54 Å². The van der Waals surface area contributed by atoms with Crippen LogP contribution in [-0.2, 0) is 16.1 Å². The standard InChI is InChI=1S/C24H22N2O5S/c1-4-31-18-10-7-11-20-22(18)26(14-21(27)30-3)24(32-20)25-23(28)17-12-15-8-5-6-9-16(15)13-19(17)29-2/h5-13H,4,14H2,1-3H3. The average molecular weight is 451 g/mol. The number of para-hydroxylation sites is 1. The van der Waals surface area contributed by atoms with Crippen LogP contribution in [-0.4, -0.2) is 37.3 Å². The molecule has 0 aliphatic rings. The van der Waals surface area contributed by atoms with Crippen molar-refractivity contribution in [2.45, 2.75) is 13.5 Å². The second-order valence-electron chi connectivity index (χ2n) is 6.90. The van der Waals surface area contributed by atoms with Crippen LogP contribution >= 0.6 is 11.3 Å². The van der Waals surface area contributed by atoms with Gasteiger partial charge in [-0.15, -0.1) is 0 Å². The van der Waals surface area contributed by atoms with Gasteiger partial charge < -0.3 is 18.8 Å². The number of esters is 1. The summed E-state index contributed by atoms with van der Waals surface area (Å²) in [5, 5.41) is 1.87. The van der Waals surface area contributed by atoms with Crippen molar-refractivity contribution in [3.05, 3.63) is 65.0 Å². The molecular formula is C24H22N2O5S. The van der Waals surface area contributed by atoms with E-state index in [0.29, 0.717) is 34.0 Å². The third-order valence-electron chi connectivity index (χ3n) is 4.97. The van der Waals surface area contributed by atoms with Gasteiger partial charge in [0.15, 0.2) is 4.80 Å². The van der Waals surface area contributed by atoms with Gasteiger partial charge in [-0.2, -0.15) is 4.99 Å². The minimum absolute atomic E-state index is 0.0957. The molecule has 0 unspecified atom stereocenters. The molecule has 0 bridgehead atoms. The molecule has 0 aliphatic heterocycles. The third-order valence-corrected chi connectivity index (χ3v) is 6.02. The number of thiazole rings is 1. The highest BCUT2D eigenvalue weighted by molar-refractivity contribution is 7.16. The molecule has 4 aromatic rings. The Balaban J connectivity index is 1.90. The summed E-state index contributed by atoms with van der Waals surface area (Å²) in [5.41, 5.74) is 1.04. The summed E-state index contributed by atoms with van der Waals surface area (Å²) in [6.45, 7) is 2.26. The Hall–Kier alpha value is -3.65. The highest BCUT2D eigenvalue weighted by atomic mass is 32.1. The first-order valence-corrected chi connectivity index (χ1v) is 10.8. The van der Waals surface area contributed by atoms with E-state index in [9.17, 15) is 9.59 Å². The predicted octanol–water partition coefficient (Wildman–Crippen LogP) is 4.18. The molecule has 32 heavy (non-hydrogen) atoms. The summed E-state index contributed by atoms with van der Waals surface area (Å²) in [5.74, 6) is 0.138. The summed E-state index contributed by atoms with van der Waals surface area (Å²) in [6, 6.07) is 16.9. The smallest absolute Gasteiger partial charge is 0.325 e. The fraction of sp³-hybridized carbons (Fsp3) is 0.208. The number of hydrogen-bond donors (Lipinski definition) is 0. The molecule has 0 N–H and O–H groups in total. The fourth-order valence-corrected chi connectivity index (χ4v) is 4.54. The first-order chi connectivity index (χ1) is 15.5. The van der Waals surface area contributed by atoms with Gasteiger partial charge in [0.1, 0.15) is 23.6 Å². The van der Waals surface area contributed by atoms with Gasteiger partial charge in [0.25, 0.3) is 5.91 Å². The van der Waals surface area contributed by atoms with Crippen molar-refractivity contribution < 1.29 is 23.8 Å². The van der Waals surface area contributed by atoms with Gasteiger partial charge in [0, 0.05) is 0 Å². The molecule has 0 aliphatic carbocycles. The summed E-state index contributed by atoms with van der Waals surface area (Å²) in [6.07, 6.45) is 0. The van der Waals surface area contributed by atoms with Crippen LogP contribution in [0.4, 0.5) is 0 Å². The van der Waals surface area contributed by atoms with Crippen molar-refractivity contribution in [1.29, 1.82) is 0 Å². The summed E-state index contributed by atoms with van der Waals surface area (Å²) >= 11 is 1.30. The SMILES string of the molecule is CCOc1cccc2sc(=NC(=O)c3cc4ccccc4cc3OC)n(CC(=O)OC)c12. The van der Waals surface area contributed by atoms with Gasteiger partial charge in [-0.05, 0) is 42.0 Å². The molecule has 8 heteroatoms. The zero-order valence-electron chi connectivity index (χ0n) is 18.0. The van der Waals surface area contributed by atoms with E-state index in [1.165, 1.54) is 25.6 Å². The molecule has 1 aromatic heterocycles. The number of fused-ring (bicyclic) bond motifs is 2. The number of methoxy groups -OCH3 is 2. The molecule has 0 spiro atoms. The molecule has 0 atom stereocenters. The fourth-order valence-electron chi connectivity index (χ4n) is 3.50. The molecule has 7 nitrogen and oxygen atoms in total. The average Bonchev–Trinajstić information content (AvgIpc) is 3.15. The summed E-state index contributed by atoms with van der Waals surface area (Å²) in [7, 11) is 2.84. The van der Waals surface area contributed by atoms with E-state index >= 15 is 0 Å². The highest BCUT2D eigenvalue weighted by Crippen LogP contribution is 2.29. The van der Waals surface area contributed by atoms with Gasteiger partial charge in [-0.1, -0.05) is 41.7 Å². The van der Waals surface area contributed by atoms with Crippen LogP contribution in [0.15, 0.2) is 59.6 Å². The van der Waals surface area contributed by atoms with Crippen molar-refractivity contribution in [3.8, 4) is 11.5 Å². The topological polar surface area (TPSA) is 79.1 Å². The number of aromatic nitrogens is 1. The zero-order chi connectivity index (χ0) is 22.7. The lowest BCUT2D eigenvalue weighted by atomic mass is 10.1. The second kappa shape index (κ2) is 9.23. The van der Waals surface area contributed by atoms with Crippen LogP contribution in [0.3, 0.4) is 0 Å². The van der Waals surface area contributed by atoms with Crippen LogP contribution in [0.5, 0.6) is 11.5 Å². The largest absolute Gasteiger partial charge is 0.496 e. The van der Waals surface area contributed by atoms with E-state index in [1.54, 1.807) is 10.6 Å². The number of carbonyl (C=O) groups is 2. The van der Waals surface area contributed by atoms with Crippen LogP contribution in [0.1, 0.15) is 17.3 Å². The van der Waals surface area contributed by atoms with Gasteiger partial charge in [0.2, 0.25) is 0 Å². The van der Waals surface area contributed by atoms with Crippen LogP contribution in [0.25, 0.3) is 21.0 Å². The normalized spacial score (nSPS) is 11.7. The van der Waals surface area contributed by atoms with Gasteiger partial charge in [-0.3, -0.25) is 9.59 Å². The quantitative estimate of drug-likeness (QED) is 0.412. The monoisotopic (exact) mass is 450 g/mol. The molecule has 1 heterocycles. The van der Waals surface area contributed by atoms with Gasteiger partial charge >= 0.3 is 5.97 Å². The van der Waals surface area contributed by atoms with Crippen LogP contribution in [0.2, 0.25) is 0 Å². The predicted molar refractivity (Wildman–Crippen MR) is 123 cm³/mol. The van der Waals surface area contributed by atoms with Crippen molar-refractivity contribution in [3.63, 3.8) is 0 Å². The summed E-state index contributed by atoms with van der Waals surface area (Å²) in [4.78, 5) is 30.1. The molecular weight excluding hydrogens is 428 g/mol. The van der Waals surface area contributed by atoms with E-state index < -0.39 is 11.9 Å². The first-order valence-electron chi connectivity index (χ1n) is 10.0.